The monoisotopic (exact) mass is 751 g/mol. The molecule has 308 valence electrons. The van der Waals surface area contributed by atoms with Crippen LogP contribution in [0.3, 0.4) is 0 Å². The first-order valence-corrected chi connectivity index (χ1v) is 22.1. The largest absolute Gasteiger partial charge is 0.462 e. The van der Waals surface area contributed by atoms with Gasteiger partial charge in [0.15, 0.2) is 6.10 Å². The van der Waals surface area contributed by atoms with Crippen molar-refractivity contribution in [2.24, 2.45) is 0 Å². The number of hydrogen-bond acceptors (Lipinski definition) is 5. The van der Waals surface area contributed by atoms with Gasteiger partial charge in [0.05, 0.1) is 6.61 Å². The van der Waals surface area contributed by atoms with E-state index in [2.05, 4.69) is 106 Å². The van der Waals surface area contributed by atoms with Crippen LogP contribution in [0.1, 0.15) is 188 Å². The summed E-state index contributed by atoms with van der Waals surface area (Å²) < 4.78 is 17.2. The van der Waals surface area contributed by atoms with Gasteiger partial charge < -0.3 is 14.2 Å². The quantitative estimate of drug-likeness (QED) is 0.0356. The average Bonchev–Trinajstić information content (AvgIpc) is 3.17. The molecule has 5 heteroatoms. The van der Waals surface area contributed by atoms with Gasteiger partial charge in [0.2, 0.25) is 0 Å². The second-order valence-corrected chi connectivity index (χ2v) is 14.2. The van der Waals surface area contributed by atoms with Crippen LogP contribution in [0.15, 0.2) is 85.1 Å². The van der Waals surface area contributed by atoms with Crippen LogP contribution in [-0.2, 0) is 23.8 Å². The fourth-order valence-corrected chi connectivity index (χ4v) is 5.64. The third-order valence-electron chi connectivity index (χ3n) is 8.90. The van der Waals surface area contributed by atoms with Crippen LogP contribution in [0.2, 0.25) is 0 Å². The third-order valence-corrected chi connectivity index (χ3v) is 8.90. The molecule has 0 rings (SSSR count). The minimum Gasteiger partial charge on any atom is -0.462 e. The van der Waals surface area contributed by atoms with Gasteiger partial charge in [-0.05, 0) is 83.5 Å². The Morgan fingerprint density at radius 2 is 0.889 bits per heavy atom. The molecule has 0 amide bonds. The van der Waals surface area contributed by atoms with Crippen molar-refractivity contribution in [3.63, 3.8) is 0 Å². The fourth-order valence-electron chi connectivity index (χ4n) is 5.64. The van der Waals surface area contributed by atoms with Crippen LogP contribution in [0.25, 0.3) is 0 Å². The second kappa shape index (κ2) is 44.5. The Balaban J connectivity index is 4.33. The molecule has 54 heavy (non-hydrogen) atoms. The topological polar surface area (TPSA) is 61.8 Å². The Labute approximate surface area is 333 Å². The van der Waals surface area contributed by atoms with E-state index in [9.17, 15) is 9.59 Å². The Morgan fingerprint density at radius 1 is 0.426 bits per heavy atom. The first-order chi connectivity index (χ1) is 26.6. The SMILES string of the molecule is CC/C=C\C/C=C\C/C=C\C/C=C\C/C=C\CCCC(=O)OCC(COCCCCCCCCCC)OC(=O)CCCCCCC/C=C\C/C=C\CCC. The fraction of sp³-hybridized carbons (Fsp3) is 0.673. The van der Waals surface area contributed by atoms with Crippen molar-refractivity contribution < 1.29 is 23.8 Å². The number of carbonyl (C=O) groups is 2. The number of rotatable bonds is 39. The van der Waals surface area contributed by atoms with Gasteiger partial charge >= 0.3 is 11.9 Å². The Kier molecular flexibility index (Phi) is 42.1. The van der Waals surface area contributed by atoms with E-state index in [0.717, 1.165) is 96.3 Å². The molecule has 0 aliphatic rings. The van der Waals surface area contributed by atoms with Crippen molar-refractivity contribution >= 4 is 11.9 Å². The first-order valence-electron chi connectivity index (χ1n) is 22.1. The van der Waals surface area contributed by atoms with Crippen molar-refractivity contribution in [2.45, 2.75) is 194 Å². The number of hydrogen-bond donors (Lipinski definition) is 0. The molecule has 0 N–H and O–H groups in total. The van der Waals surface area contributed by atoms with Crippen LogP contribution in [-0.4, -0.2) is 37.9 Å². The lowest BCUT2D eigenvalue weighted by atomic mass is 10.1. The van der Waals surface area contributed by atoms with Gasteiger partial charge in [-0.15, -0.1) is 0 Å². The highest BCUT2D eigenvalue weighted by atomic mass is 16.6. The molecule has 0 aromatic heterocycles. The predicted octanol–water partition coefficient (Wildman–Crippen LogP) is 14.6. The molecule has 0 aliphatic heterocycles. The van der Waals surface area contributed by atoms with E-state index < -0.39 is 6.10 Å². The highest BCUT2D eigenvalue weighted by Crippen LogP contribution is 2.12. The van der Waals surface area contributed by atoms with Crippen LogP contribution in [0, 0.1) is 0 Å². The standard InChI is InChI=1S/C49H82O5/c1-4-7-10-13-16-19-21-23-24-25-26-28-29-31-33-36-39-42-48(50)53-46-47(45-52-44-41-38-35-18-15-12-9-6-3)54-49(51)43-40-37-34-32-30-27-22-20-17-14-11-8-5-2/h7,10-11,14,16,19-20,22-24,26,28,31,33,47H,4-6,8-9,12-13,15,17-18,21,25,27,29-30,32,34-46H2,1-3H3/b10-7-,14-11-,19-16-,22-20-,24-23-,28-26-,33-31-. The van der Waals surface area contributed by atoms with Crippen LogP contribution < -0.4 is 0 Å². The summed E-state index contributed by atoms with van der Waals surface area (Å²) in [5.41, 5.74) is 0. The van der Waals surface area contributed by atoms with Gasteiger partial charge in [0.25, 0.3) is 0 Å². The van der Waals surface area contributed by atoms with Crippen LogP contribution >= 0.6 is 0 Å². The number of unbranched alkanes of at least 4 members (excludes halogenated alkanes) is 14. The third kappa shape index (κ3) is 41.8. The molecule has 0 bridgehead atoms. The highest BCUT2D eigenvalue weighted by Gasteiger charge is 2.17. The zero-order valence-corrected chi connectivity index (χ0v) is 35.2. The summed E-state index contributed by atoms with van der Waals surface area (Å²) in [5, 5.41) is 0. The van der Waals surface area contributed by atoms with Crippen molar-refractivity contribution in [1.29, 1.82) is 0 Å². The first kappa shape index (κ1) is 51.1. The zero-order chi connectivity index (χ0) is 39.3. The number of esters is 2. The molecule has 0 fully saturated rings. The average molecular weight is 751 g/mol. The lowest BCUT2D eigenvalue weighted by Gasteiger charge is -2.18. The minimum absolute atomic E-state index is 0.0472. The van der Waals surface area contributed by atoms with Gasteiger partial charge in [-0.2, -0.15) is 0 Å². The number of carbonyl (C=O) groups excluding carboxylic acids is 2. The molecule has 1 unspecified atom stereocenters. The molecule has 0 saturated heterocycles. The van der Waals surface area contributed by atoms with Gasteiger partial charge in [-0.25, -0.2) is 0 Å². The normalized spacial score (nSPS) is 13.0. The van der Waals surface area contributed by atoms with E-state index in [-0.39, 0.29) is 25.2 Å². The molecule has 0 spiro atoms. The summed E-state index contributed by atoms with van der Waals surface area (Å²) in [6, 6.07) is 0. The van der Waals surface area contributed by atoms with E-state index in [0.29, 0.717) is 19.4 Å². The Hall–Kier alpha value is -2.92. The van der Waals surface area contributed by atoms with Gasteiger partial charge in [-0.3, -0.25) is 9.59 Å². The van der Waals surface area contributed by atoms with E-state index >= 15 is 0 Å². The van der Waals surface area contributed by atoms with Gasteiger partial charge in [-0.1, -0.05) is 176 Å². The smallest absolute Gasteiger partial charge is 0.306 e. The lowest BCUT2D eigenvalue weighted by Crippen LogP contribution is -2.30. The lowest BCUT2D eigenvalue weighted by molar-refractivity contribution is -0.163. The van der Waals surface area contributed by atoms with Gasteiger partial charge in [0, 0.05) is 19.4 Å². The van der Waals surface area contributed by atoms with Crippen molar-refractivity contribution in [2.75, 3.05) is 19.8 Å². The maximum atomic E-state index is 12.7. The van der Waals surface area contributed by atoms with Crippen molar-refractivity contribution in [1.82, 2.24) is 0 Å². The van der Waals surface area contributed by atoms with Gasteiger partial charge in [0.1, 0.15) is 6.61 Å². The molecule has 5 nitrogen and oxygen atoms in total. The van der Waals surface area contributed by atoms with Crippen LogP contribution in [0.4, 0.5) is 0 Å². The molecule has 0 saturated carbocycles. The molecule has 0 aliphatic carbocycles. The van der Waals surface area contributed by atoms with E-state index in [4.69, 9.17) is 14.2 Å². The molecule has 0 heterocycles. The predicted molar refractivity (Wildman–Crippen MR) is 233 cm³/mol. The maximum absolute atomic E-state index is 12.7. The van der Waals surface area contributed by atoms with E-state index in [1.54, 1.807) is 0 Å². The minimum atomic E-state index is -0.565. The Bertz CT molecular complexity index is 1030. The zero-order valence-electron chi connectivity index (χ0n) is 35.2. The molecular weight excluding hydrogens is 669 g/mol. The summed E-state index contributed by atoms with van der Waals surface area (Å²) >= 11 is 0. The Morgan fingerprint density at radius 3 is 1.46 bits per heavy atom. The summed E-state index contributed by atoms with van der Waals surface area (Å²) in [6.45, 7) is 7.54. The summed E-state index contributed by atoms with van der Waals surface area (Å²) in [5.74, 6) is -0.488. The molecular formula is C49H82O5. The summed E-state index contributed by atoms with van der Waals surface area (Å²) in [7, 11) is 0. The van der Waals surface area contributed by atoms with E-state index in [1.165, 1.54) is 57.8 Å². The summed E-state index contributed by atoms with van der Waals surface area (Å²) in [6.07, 6.45) is 57.3. The maximum Gasteiger partial charge on any atom is 0.306 e. The molecule has 0 aromatic rings. The molecule has 1 atom stereocenters. The molecule has 0 aromatic carbocycles. The van der Waals surface area contributed by atoms with Crippen molar-refractivity contribution in [3.05, 3.63) is 85.1 Å². The van der Waals surface area contributed by atoms with Crippen molar-refractivity contribution in [3.8, 4) is 0 Å². The number of ether oxygens (including phenoxy) is 3. The number of allylic oxidation sites excluding steroid dienone is 14. The van der Waals surface area contributed by atoms with E-state index in [1.807, 2.05) is 0 Å². The summed E-state index contributed by atoms with van der Waals surface area (Å²) in [4.78, 5) is 25.2. The highest BCUT2D eigenvalue weighted by molar-refractivity contribution is 5.70. The van der Waals surface area contributed by atoms with Crippen LogP contribution in [0.5, 0.6) is 0 Å². The molecule has 0 radical (unpaired) electrons. The second-order valence-electron chi connectivity index (χ2n) is 14.2.